The van der Waals surface area contributed by atoms with Crippen LogP contribution in [0.3, 0.4) is 0 Å². The van der Waals surface area contributed by atoms with Gasteiger partial charge in [-0.1, -0.05) is 60.7 Å². The number of hydrogen-bond acceptors (Lipinski definition) is 22. The Morgan fingerprint density at radius 3 is 1.65 bits per heavy atom. The van der Waals surface area contributed by atoms with Gasteiger partial charge in [-0.3, -0.25) is 19.2 Å². The number of nitrogens with zero attached hydrogens (tertiary/aromatic N) is 1. The minimum atomic E-state index is -2.85. The van der Waals surface area contributed by atoms with E-state index in [-0.39, 0.29) is 22.4 Å². The molecule has 75 heavy (non-hydrogen) atoms. The van der Waals surface area contributed by atoms with E-state index in [9.17, 15) is 43.2 Å². The van der Waals surface area contributed by atoms with Gasteiger partial charge in [0.1, 0.15) is 30.6 Å². The maximum atomic E-state index is 14.5. The van der Waals surface area contributed by atoms with Crippen LogP contribution in [0.2, 0.25) is 0 Å². The Morgan fingerprint density at radius 1 is 0.640 bits per heavy atom. The van der Waals surface area contributed by atoms with Crippen molar-refractivity contribution >= 4 is 53.7 Å². The number of nitrogens with one attached hydrogen (secondary N) is 1. The summed E-state index contributed by atoms with van der Waals surface area (Å²) in [7, 11) is 2.12. The molecule has 0 bridgehead atoms. The molecule has 2 fully saturated rings. The molecule has 0 unspecified atom stereocenters. The summed E-state index contributed by atoms with van der Waals surface area (Å²) in [6.07, 6.45) is -15.6. The van der Waals surface area contributed by atoms with E-state index in [0.717, 1.165) is 34.8 Å². The van der Waals surface area contributed by atoms with Crippen LogP contribution >= 0.6 is 0 Å². The van der Waals surface area contributed by atoms with E-state index in [4.69, 9.17) is 56.8 Å². The van der Waals surface area contributed by atoms with E-state index in [1.54, 1.807) is 54.6 Å². The molecule has 2 aliphatic rings. The molecule has 1 N–H and O–H groups in total. The largest absolute Gasteiger partial charge is 0.465 e. The molecule has 23 nitrogen and oxygen atoms in total. The number of benzene rings is 3. The van der Waals surface area contributed by atoms with Crippen molar-refractivity contribution in [2.24, 2.45) is 0 Å². The van der Waals surface area contributed by atoms with Crippen LogP contribution in [0.15, 0.2) is 115 Å². The first-order valence-electron chi connectivity index (χ1n) is 23.2. The number of carbonyl (C=O) groups excluding carboxylic acids is 9. The van der Waals surface area contributed by atoms with Crippen molar-refractivity contribution in [2.75, 3.05) is 27.4 Å². The Bertz CT molecular complexity index is 2640. The maximum Gasteiger partial charge on any atom is 0.366 e. The molecule has 1 aromatic heterocycles. The van der Waals surface area contributed by atoms with Gasteiger partial charge in [0.25, 0.3) is 5.79 Å². The monoisotopic (exact) mass is 1040 g/mol. The molecule has 1 amide bonds. The van der Waals surface area contributed by atoms with Gasteiger partial charge in [0.2, 0.25) is 5.91 Å². The summed E-state index contributed by atoms with van der Waals surface area (Å²) in [6, 6.07) is 25.7. The summed E-state index contributed by atoms with van der Waals surface area (Å²) in [6.45, 7) is 2.38. The van der Waals surface area contributed by atoms with Crippen LogP contribution in [0.4, 0.5) is 0 Å². The number of ether oxygens (including phenoxy) is 12. The minimum absolute atomic E-state index is 0.00987. The zero-order valence-corrected chi connectivity index (χ0v) is 41.4. The lowest BCUT2D eigenvalue weighted by atomic mass is 9.87. The van der Waals surface area contributed by atoms with Crippen LogP contribution in [0, 0.1) is 0 Å². The van der Waals surface area contributed by atoms with Crippen molar-refractivity contribution in [3.63, 3.8) is 0 Å². The number of pyridine rings is 1. The van der Waals surface area contributed by atoms with Crippen LogP contribution in [0.25, 0.3) is 0 Å². The minimum Gasteiger partial charge on any atom is -0.465 e. The highest BCUT2D eigenvalue weighted by Crippen LogP contribution is 2.39. The van der Waals surface area contributed by atoms with Gasteiger partial charge in [-0.25, -0.2) is 29.0 Å². The molecule has 0 aliphatic carbocycles. The number of esters is 8. The Kier molecular flexibility index (Phi) is 19.6. The summed E-state index contributed by atoms with van der Waals surface area (Å²) in [5.74, 6) is -11.8. The quantitative estimate of drug-likeness (QED) is 0.0981. The molecule has 4 aromatic rings. The molecule has 0 saturated carbocycles. The van der Waals surface area contributed by atoms with Crippen LogP contribution in [-0.4, -0.2) is 153 Å². The highest BCUT2D eigenvalue weighted by Gasteiger charge is 2.61. The second kappa shape index (κ2) is 26.2. The van der Waals surface area contributed by atoms with Gasteiger partial charge >= 0.3 is 47.8 Å². The molecular formula is C52H54N2O21. The predicted octanol–water partition coefficient (Wildman–Crippen LogP) is 3.26. The molecular weight excluding hydrogens is 989 g/mol. The standard InChI is InChI=1S/C52H54N2O21/c1-29(55)54-40-37(70-49(62)36-24-16-17-25-53-36)26-52(51(63)65-6,75-43(40)41(69-32(4)58)38(68-31(3)57)27-66-30(2)56)67-28-39-42(72-46(59)33-18-10-7-11-19-33)44(73-47(60)34-20-12-8-13-21-34)45(50(64-5)71-39)74-48(61)35-22-14-9-15-23-35/h7-25,37-45,50H,26-28H2,1-6H3,(H,54,55)/t37-,38+,39+,40+,41+,42-,43+,44-,45+,50-,52+/m0/s1. The Hall–Kier alpha value is -8.12. The molecule has 23 heteroatoms. The lowest BCUT2D eigenvalue weighted by Gasteiger charge is -2.49. The zero-order valence-electron chi connectivity index (χ0n) is 41.4. The first kappa shape index (κ1) is 56.2. The third-order valence-corrected chi connectivity index (χ3v) is 11.4. The molecule has 11 atom stereocenters. The second-order valence-electron chi connectivity index (χ2n) is 16.7. The van der Waals surface area contributed by atoms with Gasteiger partial charge in [-0.15, -0.1) is 0 Å². The normalized spacial score (nSPS) is 23.8. The molecule has 6 rings (SSSR count). The second-order valence-corrected chi connectivity index (χ2v) is 16.7. The van der Waals surface area contributed by atoms with Gasteiger partial charge in [-0.2, -0.15) is 0 Å². The van der Waals surface area contributed by atoms with E-state index in [1.165, 1.54) is 67.9 Å². The lowest BCUT2D eigenvalue weighted by Crippen LogP contribution is -2.70. The highest BCUT2D eigenvalue weighted by molar-refractivity contribution is 5.91. The van der Waals surface area contributed by atoms with Gasteiger partial charge in [0, 0.05) is 41.0 Å². The van der Waals surface area contributed by atoms with Crippen molar-refractivity contribution in [1.29, 1.82) is 0 Å². The van der Waals surface area contributed by atoms with E-state index in [0.29, 0.717) is 0 Å². The molecule has 0 spiro atoms. The van der Waals surface area contributed by atoms with E-state index in [1.807, 2.05) is 0 Å². The Labute approximate surface area is 429 Å². The van der Waals surface area contributed by atoms with Crippen LogP contribution in [-0.2, 0) is 80.8 Å². The smallest absolute Gasteiger partial charge is 0.366 e. The highest BCUT2D eigenvalue weighted by atomic mass is 16.8. The van der Waals surface area contributed by atoms with Gasteiger partial charge in [-0.05, 0) is 48.5 Å². The van der Waals surface area contributed by atoms with Crippen LogP contribution in [0.1, 0.15) is 75.7 Å². The van der Waals surface area contributed by atoms with Crippen molar-refractivity contribution in [3.05, 3.63) is 138 Å². The Balaban J connectivity index is 1.50. The van der Waals surface area contributed by atoms with Crippen molar-refractivity contribution in [1.82, 2.24) is 10.3 Å². The first-order valence-corrected chi connectivity index (χ1v) is 23.2. The fraction of sp³-hybridized carbons (Fsp3) is 0.385. The van der Waals surface area contributed by atoms with Crippen LogP contribution in [0.5, 0.6) is 0 Å². The molecule has 398 valence electrons. The van der Waals surface area contributed by atoms with Crippen molar-refractivity contribution in [2.45, 2.75) is 101 Å². The SMILES string of the molecule is COC(=O)[C@@]1(OC[C@H]2O[C@H](OC)[C@H](OC(=O)c3ccccc3)[C@@H](OC(=O)c3ccccc3)[C@H]2OC(=O)c2ccccc2)C[C@H](OC(=O)c2ccccn2)[C@@H](NC(C)=O)[C@H]([C@H](OC(C)=O)[C@@H](COC(C)=O)OC(C)=O)O1. The molecule has 3 heterocycles. The van der Waals surface area contributed by atoms with Gasteiger partial charge in [0.15, 0.2) is 36.8 Å². The summed E-state index contributed by atoms with van der Waals surface area (Å²) < 4.78 is 70.8. The van der Waals surface area contributed by atoms with Crippen molar-refractivity contribution in [3.8, 4) is 0 Å². The molecule has 2 saturated heterocycles. The van der Waals surface area contributed by atoms with Gasteiger partial charge in [0.05, 0.1) is 42.9 Å². The summed E-state index contributed by atoms with van der Waals surface area (Å²) >= 11 is 0. The fourth-order valence-electron chi connectivity index (χ4n) is 8.13. The summed E-state index contributed by atoms with van der Waals surface area (Å²) in [5, 5.41) is 2.60. The third-order valence-electron chi connectivity index (χ3n) is 11.4. The number of aromatic nitrogens is 1. The summed E-state index contributed by atoms with van der Waals surface area (Å²) in [4.78, 5) is 125. The third kappa shape index (κ3) is 14.8. The molecule has 2 aliphatic heterocycles. The number of amides is 1. The number of hydrogen-bond donors (Lipinski definition) is 1. The van der Waals surface area contributed by atoms with E-state index < -0.39 is 140 Å². The number of carbonyl (C=O) groups is 9. The predicted molar refractivity (Wildman–Crippen MR) is 252 cm³/mol. The first-order chi connectivity index (χ1) is 35.9. The number of rotatable bonds is 20. The lowest BCUT2D eigenvalue weighted by molar-refractivity contribution is -0.336. The maximum absolute atomic E-state index is 14.5. The Morgan fingerprint density at radius 2 is 1.17 bits per heavy atom. The number of methoxy groups -OCH3 is 2. The molecule has 3 aromatic carbocycles. The van der Waals surface area contributed by atoms with Crippen molar-refractivity contribution < 1.29 is 100.0 Å². The zero-order chi connectivity index (χ0) is 54.2. The van der Waals surface area contributed by atoms with E-state index >= 15 is 0 Å². The summed E-state index contributed by atoms with van der Waals surface area (Å²) in [5.41, 5.74) is -0.129. The van der Waals surface area contributed by atoms with Crippen LogP contribution < -0.4 is 5.32 Å². The topological polar surface area (TPSA) is 289 Å². The average Bonchev–Trinajstić information content (AvgIpc) is 3.40. The average molecular weight is 1040 g/mol. The van der Waals surface area contributed by atoms with E-state index in [2.05, 4.69) is 10.3 Å². The molecule has 0 radical (unpaired) electrons. The van der Waals surface area contributed by atoms with Gasteiger partial charge < -0.3 is 62.2 Å². The fourth-order valence-corrected chi connectivity index (χ4v) is 8.13.